The molecule has 0 aliphatic carbocycles. The largest absolute Gasteiger partial charge is 0.351 e. The van der Waals surface area contributed by atoms with Crippen LogP contribution in [0.2, 0.25) is 0 Å². The van der Waals surface area contributed by atoms with E-state index in [0.717, 1.165) is 51.1 Å². The number of amides is 1. The molecule has 0 bridgehead atoms. The normalized spacial score (nSPS) is 10.9. The first-order valence-electron chi connectivity index (χ1n) is 9.91. The molecule has 0 saturated carbocycles. The number of hydrogen-bond acceptors (Lipinski definition) is 5. The van der Waals surface area contributed by atoms with Gasteiger partial charge in [-0.25, -0.2) is 9.37 Å². The van der Waals surface area contributed by atoms with E-state index in [0.29, 0.717) is 6.54 Å². The van der Waals surface area contributed by atoms with Crippen molar-refractivity contribution in [2.45, 2.75) is 18.0 Å². The number of halogens is 1. The molecular weight excluding hydrogens is 431 g/mol. The molecule has 4 rings (SSSR count). The average Bonchev–Trinajstić information content (AvgIpc) is 3.48. The Morgan fingerprint density at radius 1 is 1.06 bits per heavy atom. The van der Waals surface area contributed by atoms with Gasteiger partial charge in [0.25, 0.3) is 5.91 Å². The van der Waals surface area contributed by atoms with Gasteiger partial charge in [-0.05, 0) is 60.7 Å². The van der Waals surface area contributed by atoms with E-state index in [1.165, 1.54) is 23.5 Å². The molecule has 0 aliphatic heterocycles. The summed E-state index contributed by atoms with van der Waals surface area (Å²) in [5.74, 6) is 0.589. The highest BCUT2D eigenvalue weighted by Gasteiger charge is 2.14. The molecule has 1 amide bonds. The third kappa shape index (κ3) is 5.59. The number of nitrogens with one attached hydrogen (secondary N) is 2. The Hall–Kier alpha value is -2.97. The standard InChI is InChI=1S/C23H21FN4OS2/c24-18-7-5-16(6-8-18)20-21(17-9-12-25-13-10-17)28-23(27-20)31-14-2-1-11-26-22(29)19-4-3-15-30-19/h3-10,12-13,15H,1-2,11,14H2,(H,26,29)(H,27,28). The highest BCUT2D eigenvalue weighted by molar-refractivity contribution is 7.99. The monoisotopic (exact) mass is 452 g/mol. The molecular formula is C23H21FN4OS2. The van der Waals surface area contributed by atoms with E-state index in [-0.39, 0.29) is 11.7 Å². The van der Waals surface area contributed by atoms with E-state index in [1.54, 1.807) is 36.3 Å². The van der Waals surface area contributed by atoms with Gasteiger partial charge in [0.2, 0.25) is 0 Å². The molecule has 3 heterocycles. The van der Waals surface area contributed by atoms with Gasteiger partial charge in [-0.15, -0.1) is 11.3 Å². The van der Waals surface area contributed by atoms with Crippen molar-refractivity contribution in [3.8, 4) is 22.5 Å². The van der Waals surface area contributed by atoms with Crippen molar-refractivity contribution in [3.63, 3.8) is 0 Å². The molecule has 0 unspecified atom stereocenters. The summed E-state index contributed by atoms with van der Waals surface area (Å²) in [6, 6.07) is 13.9. The van der Waals surface area contributed by atoms with Crippen LogP contribution in [-0.4, -0.2) is 33.2 Å². The lowest BCUT2D eigenvalue weighted by Gasteiger charge is -2.03. The summed E-state index contributed by atoms with van der Waals surface area (Å²) in [6.45, 7) is 0.651. The van der Waals surface area contributed by atoms with Gasteiger partial charge < -0.3 is 10.3 Å². The maximum atomic E-state index is 13.4. The maximum absolute atomic E-state index is 13.4. The van der Waals surface area contributed by atoms with Crippen LogP contribution in [0.15, 0.2) is 71.5 Å². The highest BCUT2D eigenvalue weighted by Crippen LogP contribution is 2.32. The summed E-state index contributed by atoms with van der Waals surface area (Å²) < 4.78 is 13.4. The fourth-order valence-corrected chi connectivity index (χ4v) is 4.57. The number of benzene rings is 1. The number of unbranched alkanes of at least 4 members (excludes halogenated alkanes) is 1. The zero-order valence-corrected chi connectivity index (χ0v) is 18.3. The molecule has 8 heteroatoms. The number of carbonyl (C=O) groups is 1. The molecule has 1 aromatic carbocycles. The first-order valence-corrected chi connectivity index (χ1v) is 11.8. The summed E-state index contributed by atoms with van der Waals surface area (Å²) in [5, 5.41) is 5.66. The zero-order valence-electron chi connectivity index (χ0n) is 16.7. The van der Waals surface area contributed by atoms with Gasteiger partial charge in [-0.2, -0.15) is 0 Å². The van der Waals surface area contributed by atoms with Crippen molar-refractivity contribution < 1.29 is 9.18 Å². The number of imidazole rings is 1. The molecule has 0 atom stereocenters. The summed E-state index contributed by atoms with van der Waals surface area (Å²) in [6.07, 6.45) is 5.32. The lowest BCUT2D eigenvalue weighted by molar-refractivity contribution is 0.0957. The van der Waals surface area contributed by atoms with Crippen LogP contribution < -0.4 is 5.32 Å². The van der Waals surface area contributed by atoms with Crippen LogP contribution in [0.4, 0.5) is 4.39 Å². The molecule has 0 aliphatic rings. The van der Waals surface area contributed by atoms with Crippen LogP contribution in [0.3, 0.4) is 0 Å². The minimum Gasteiger partial charge on any atom is -0.351 e. The molecule has 3 aromatic heterocycles. The summed E-state index contributed by atoms with van der Waals surface area (Å²) in [7, 11) is 0. The van der Waals surface area contributed by atoms with Crippen molar-refractivity contribution in [2.75, 3.05) is 12.3 Å². The first kappa shape index (κ1) is 21.3. The Balaban J connectivity index is 1.36. The van der Waals surface area contributed by atoms with Gasteiger partial charge in [-0.1, -0.05) is 17.8 Å². The predicted molar refractivity (Wildman–Crippen MR) is 124 cm³/mol. The Kier molecular flexibility index (Phi) is 7.11. The second-order valence-corrected chi connectivity index (χ2v) is 8.83. The van der Waals surface area contributed by atoms with Gasteiger partial charge >= 0.3 is 0 Å². The number of carbonyl (C=O) groups excluding carboxylic acids is 1. The summed E-state index contributed by atoms with van der Waals surface area (Å²) in [4.78, 5) is 24.9. The van der Waals surface area contributed by atoms with Crippen LogP contribution in [0, 0.1) is 5.82 Å². The molecule has 0 radical (unpaired) electrons. The molecule has 0 saturated heterocycles. The fraction of sp³-hybridized carbons (Fsp3) is 0.174. The Morgan fingerprint density at radius 3 is 2.61 bits per heavy atom. The van der Waals surface area contributed by atoms with Gasteiger partial charge in [-0.3, -0.25) is 9.78 Å². The highest BCUT2D eigenvalue weighted by atomic mass is 32.2. The van der Waals surface area contributed by atoms with Crippen LogP contribution in [0.1, 0.15) is 22.5 Å². The fourth-order valence-electron chi connectivity index (χ4n) is 3.06. The number of aromatic amines is 1. The lowest BCUT2D eigenvalue weighted by Crippen LogP contribution is -2.23. The van der Waals surface area contributed by atoms with Crippen molar-refractivity contribution in [1.82, 2.24) is 20.3 Å². The van der Waals surface area contributed by atoms with Gasteiger partial charge in [0.15, 0.2) is 5.16 Å². The number of aromatic nitrogens is 3. The number of pyridine rings is 1. The van der Waals surface area contributed by atoms with Crippen LogP contribution in [0.25, 0.3) is 22.5 Å². The van der Waals surface area contributed by atoms with E-state index in [4.69, 9.17) is 4.98 Å². The average molecular weight is 453 g/mol. The molecule has 31 heavy (non-hydrogen) atoms. The lowest BCUT2D eigenvalue weighted by atomic mass is 10.1. The van der Waals surface area contributed by atoms with Crippen LogP contribution in [-0.2, 0) is 0 Å². The molecule has 158 valence electrons. The zero-order chi connectivity index (χ0) is 21.5. The second kappa shape index (κ2) is 10.4. The summed E-state index contributed by atoms with van der Waals surface area (Å²) >= 11 is 3.08. The van der Waals surface area contributed by atoms with Crippen LogP contribution in [0.5, 0.6) is 0 Å². The van der Waals surface area contributed by atoms with Crippen molar-refractivity contribution in [3.05, 3.63) is 77.0 Å². The SMILES string of the molecule is O=C(NCCCCSc1nc(-c2ccc(F)cc2)c(-c2ccncc2)[nH]1)c1cccs1. The van der Waals surface area contributed by atoms with E-state index < -0.39 is 0 Å². The number of hydrogen-bond donors (Lipinski definition) is 2. The minimum absolute atomic E-state index is 0.0142. The first-order chi connectivity index (χ1) is 15.2. The Labute approximate surface area is 188 Å². The Morgan fingerprint density at radius 2 is 1.87 bits per heavy atom. The molecule has 0 fully saturated rings. The number of rotatable bonds is 9. The maximum Gasteiger partial charge on any atom is 0.261 e. The third-order valence-electron chi connectivity index (χ3n) is 4.61. The van der Waals surface area contributed by atoms with E-state index in [1.807, 2.05) is 29.6 Å². The van der Waals surface area contributed by atoms with Crippen LogP contribution >= 0.6 is 23.1 Å². The van der Waals surface area contributed by atoms with Crippen molar-refractivity contribution in [1.29, 1.82) is 0 Å². The number of thioether (sulfide) groups is 1. The predicted octanol–water partition coefficient (Wildman–Crippen LogP) is 5.64. The van der Waals surface area contributed by atoms with Crippen molar-refractivity contribution >= 4 is 29.0 Å². The minimum atomic E-state index is -0.273. The number of thiophene rings is 1. The van der Waals surface area contributed by atoms with E-state index in [2.05, 4.69) is 15.3 Å². The van der Waals surface area contributed by atoms with Gasteiger partial charge in [0, 0.05) is 35.8 Å². The van der Waals surface area contributed by atoms with Crippen molar-refractivity contribution in [2.24, 2.45) is 0 Å². The summed E-state index contributed by atoms with van der Waals surface area (Å²) in [5.41, 5.74) is 3.51. The van der Waals surface area contributed by atoms with E-state index in [9.17, 15) is 9.18 Å². The molecule has 0 spiro atoms. The topological polar surface area (TPSA) is 70.7 Å². The second-order valence-electron chi connectivity index (χ2n) is 6.80. The number of nitrogens with zero attached hydrogens (tertiary/aromatic N) is 2. The quantitative estimate of drug-likeness (QED) is 0.255. The molecule has 2 N–H and O–H groups in total. The molecule has 4 aromatic rings. The third-order valence-corrected chi connectivity index (χ3v) is 6.44. The van der Waals surface area contributed by atoms with Gasteiger partial charge in [0.1, 0.15) is 5.82 Å². The smallest absolute Gasteiger partial charge is 0.261 e. The molecule has 5 nitrogen and oxygen atoms in total. The Bertz CT molecular complexity index is 1110. The number of H-pyrrole nitrogens is 1. The van der Waals surface area contributed by atoms with E-state index >= 15 is 0 Å². The van der Waals surface area contributed by atoms with Gasteiger partial charge in [0.05, 0.1) is 16.3 Å².